The fraction of sp³-hybridized carbons (Fsp3) is 0.250. The molecule has 0 heterocycles. The number of Topliss-reactive ketones (excluding diaryl/α,β-unsaturated/α-hetero) is 1. The molecule has 0 unspecified atom stereocenters. The first kappa shape index (κ1) is 20.7. The molecule has 0 radical (unpaired) electrons. The lowest BCUT2D eigenvalue weighted by Gasteiger charge is -2.07. The second kappa shape index (κ2) is 10.5. The zero-order chi connectivity index (χ0) is 19.6. The molecule has 0 fully saturated rings. The van der Waals surface area contributed by atoms with Gasteiger partial charge in [0.2, 0.25) is 5.78 Å². The zero-order valence-corrected chi connectivity index (χ0v) is 16.0. The van der Waals surface area contributed by atoms with Crippen LogP contribution in [0.5, 0.6) is 5.75 Å². The van der Waals surface area contributed by atoms with Crippen molar-refractivity contribution < 1.29 is 24.3 Å². The number of aliphatic hydroxyl groups is 1. The number of hydrogen-bond acceptors (Lipinski definition) is 7. The normalized spacial score (nSPS) is 11.1. The summed E-state index contributed by atoms with van der Waals surface area (Å²) in [5.41, 5.74) is 0.583. The van der Waals surface area contributed by atoms with Gasteiger partial charge in [0.05, 0.1) is 6.61 Å². The Balaban J connectivity index is 2.02. The van der Waals surface area contributed by atoms with Gasteiger partial charge in [-0.05, 0) is 49.4 Å². The highest BCUT2D eigenvalue weighted by molar-refractivity contribution is 7.99. The van der Waals surface area contributed by atoms with Crippen molar-refractivity contribution in [3.8, 4) is 5.75 Å². The fourth-order valence-electron chi connectivity index (χ4n) is 2.04. The van der Waals surface area contributed by atoms with Crippen LogP contribution in [0.25, 0.3) is 0 Å². The number of ketones is 1. The quantitative estimate of drug-likeness (QED) is 0.305. The van der Waals surface area contributed by atoms with Crippen LogP contribution in [-0.2, 0) is 9.63 Å². The maximum atomic E-state index is 12.3. The van der Waals surface area contributed by atoms with Crippen molar-refractivity contribution in [1.82, 2.24) is 0 Å². The molecule has 0 aromatic heterocycles. The second-order valence-corrected chi connectivity index (χ2v) is 6.64. The van der Waals surface area contributed by atoms with Crippen molar-refractivity contribution in [1.29, 1.82) is 0 Å². The van der Waals surface area contributed by atoms with Gasteiger partial charge < -0.3 is 14.7 Å². The summed E-state index contributed by atoms with van der Waals surface area (Å²) in [6, 6.07) is 14.6. The molecule has 2 rings (SSSR count). The highest BCUT2D eigenvalue weighted by Crippen LogP contribution is 2.30. The number of ether oxygens (including phenoxy) is 1. The molecule has 0 saturated heterocycles. The summed E-state index contributed by atoms with van der Waals surface area (Å²) < 4.78 is 5.40. The van der Waals surface area contributed by atoms with Gasteiger partial charge in [-0.2, -0.15) is 0 Å². The standard InChI is InChI=1S/C20H21NO5S/c1-3-19(23)26-21-14(2)20(24)15-7-9-17(10-8-15)27-18-6-4-5-16(13-18)25-12-11-22/h4-10,13,22H,3,11-12H2,1-2H3/b21-14+. The van der Waals surface area contributed by atoms with Gasteiger partial charge in [-0.25, -0.2) is 4.79 Å². The zero-order valence-electron chi connectivity index (χ0n) is 15.2. The lowest BCUT2D eigenvalue weighted by Crippen LogP contribution is -2.12. The molecule has 7 heteroatoms. The van der Waals surface area contributed by atoms with Gasteiger partial charge >= 0.3 is 5.97 Å². The summed E-state index contributed by atoms with van der Waals surface area (Å²) in [7, 11) is 0. The molecule has 6 nitrogen and oxygen atoms in total. The minimum atomic E-state index is -0.487. The van der Waals surface area contributed by atoms with Crippen LogP contribution < -0.4 is 4.74 Å². The summed E-state index contributed by atoms with van der Waals surface area (Å²) >= 11 is 1.53. The summed E-state index contributed by atoms with van der Waals surface area (Å²) in [5, 5.41) is 12.4. The van der Waals surface area contributed by atoms with Crippen molar-refractivity contribution in [2.45, 2.75) is 30.1 Å². The molecule has 0 aliphatic rings. The van der Waals surface area contributed by atoms with E-state index in [1.807, 2.05) is 36.4 Å². The van der Waals surface area contributed by atoms with Gasteiger partial charge in [-0.15, -0.1) is 0 Å². The minimum absolute atomic E-state index is 0.0345. The number of nitrogens with zero attached hydrogens (tertiary/aromatic N) is 1. The molecule has 0 aliphatic heterocycles. The number of oxime groups is 1. The lowest BCUT2D eigenvalue weighted by molar-refractivity contribution is -0.143. The largest absolute Gasteiger partial charge is 0.491 e. The van der Waals surface area contributed by atoms with E-state index in [1.54, 1.807) is 19.1 Å². The first-order chi connectivity index (χ1) is 13.0. The average molecular weight is 387 g/mol. The number of carbonyl (C=O) groups is 2. The summed E-state index contributed by atoms with van der Waals surface area (Å²) in [5.74, 6) is -0.0942. The molecule has 0 amide bonds. The van der Waals surface area contributed by atoms with E-state index in [0.29, 0.717) is 11.3 Å². The van der Waals surface area contributed by atoms with Crippen molar-refractivity contribution in [3.63, 3.8) is 0 Å². The summed E-state index contributed by atoms with van der Waals surface area (Å²) in [6.45, 7) is 3.37. The van der Waals surface area contributed by atoms with E-state index < -0.39 is 5.97 Å². The van der Waals surface area contributed by atoms with E-state index in [1.165, 1.54) is 18.7 Å². The molecule has 0 spiro atoms. The van der Waals surface area contributed by atoms with Crippen molar-refractivity contribution in [3.05, 3.63) is 54.1 Å². The molecule has 0 aliphatic carbocycles. The number of carbonyl (C=O) groups excluding carboxylic acids is 2. The molecule has 1 N–H and O–H groups in total. The number of rotatable bonds is 9. The Kier molecular flexibility index (Phi) is 8.03. The molecular weight excluding hydrogens is 366 g/mol. The summed E-state index contributed by atoms with van der Waals surface area (Å²) in [6.07, 6.45) is 0.198. The third-order valence-corrected chi connectivity index (χ3v) is 4.42. The maximum Gasteiger partial charge on any atom is 0.334 e. The van der Waals surface area contributed by atoms with E-state index in [9.17, 15) is 9.59 Å². The third-order valence-electron chi connectivity index (χ3n) is 3.42. The Hall–Kier alpha value is -2.64. The van der Waals surface area contributed by atoms with Crippen LogP contribution in [0.2, 0.25) is 0 Å². The van der Waals surface area contributed by atoms with E-state index in [4.69, 9.17) is 9.84 Å². The number of benzene rings is 2. The van der Waals surface area contributed by atoms with Crippen LogP contribution in [0.3, 0.4) is 0 Å². The molecule has 2 aromatic rings. The van der Waals surface area contributed by atoms with Crippen molar-refractivity contribution in [2.75, 3.05) is 13.2 Å². The predicted octanol–water partition coefficient (Wildman–Crippen LogP) is 3.72. The predicted molar refractivity (Wildman–Crippen MR) is 103 cm³/mol. The molecular formula is C20H21NO5S. The van der Waals surface area contributed by atoms with Gasteiger partial charge in [-0.3, -0.25) is 4.79 Å². The lowest BCUT2D eigenvalue weighted by atomic mass is 10.1. The van der Waals surface area contributed by atoms with Crippen molar-refractivity contribution in [2.24, 2.45) is 5.16 Å². The van der Waals surface area contributed by atoms with E-state index in [-0.39, 0.29) is 31.1 Å². The van der Waals surface area contributed by atoms with E-state index in [0.717, 1.165) is 9.79 Å². The Labute approximate surface area is 162 Å². The van der Waals surface area contributed by atoms with Gasteiger partial charge in [0.25, 0.3) is 0 Å². The Morgan fingerprint density at radius 3 is 2.52 bits per heavy atom. The molecule has 0 atom stereocenters. The van der Waals surface area contributed by atoms with Crippen LogP contribution >= 0.6 is 11.8 Å². The van der Waals surface area contributed by atoms with Crippen LogP contribution in [0.4, 0.5) is 0 Å². The van der Waals surface area contributed by atoms with Crippen LogP contribution in [-0.4, -0.2) is 35.8 Å². The van der Waals surface area contributed by atoms with Gasteiger partial charge in [0.15, 0.2) is 0 Å². The van der Waals surface area contributed by atoms with Crippen LogP contribution in [0.15, 0.2) is 63.5 Å². The minimum Gasteiger partial charge on any atom is -0.491 e. The topological polar surface area (TPSA) is 85.2 Å². The SMILES string of the molecule is CCC(=O)O/N=C(\C)C(=O)c1ccc(Sc2cccc(OCCO)c2)cc1. The average Bonchev–Trinajstić information content (AvgIpc) is 2.70. The highest BCUT2D eigenvalue weighted by Gasteiger charge is 2.11. The first-order valence-corrected chi connectivity index (χ1v) is 9.26. The van der Waals surface area contributed by atoms with E-state index >= 15 is 0 Å². The van der Waals surface area contributed by atoms with E-state index in [2.05, 4.69) is 9.99 Å². The maximum absolute atomic E-state index is 12.3. The van der Waals surface area contributed by atoms with Gasteiger partial charge in [0.1, 0.15) is 18.1 Å². The van der Waals surface area contributed by atoms with Crippen molar-refractivity contribution >= 4 is 29.2 Å². The summed E-state index contributed by atoms with van der Waals surface area (Å²) in [4.78, 5) is 30.0. The number of aliphatic hydroxyl groups excluding tert-OH is 1. The van der Waals surface area contributed by atoms with Crippen LogP contribution in [0.1, 0.15) is 30.6 Å². The molecule has 27 heavy (non-hydrogen) atoms. The Bertz CT molecular complexity index is 817. The second-order valence-electron chi connectivity index (χ2n) is 5.50. The molecule has 2 aromatic carbocycles. The third kappa shape index (κ3) is 6.54. The molecule has 0 saturated carbocycles. The monoisotopic (exact) mass is 387 g/mol. The highest BCUT2D eigenvalue weighted by atomic mass is 32.2. The molecule has 0 bridgehead atoms. The fourth-order valence-corrected chi connectivity index (χ4v) is 2.90. The van der Waals surface area contributed by atoms with Crippen LogP contribution in [0, 0.1) is 0 Å². The molecule has 142 valence electrons. The Morgan fingerprint density at radius 2 is 1.85 bits per heavy atom. The smallest absolute Gasteiger partial charge is 0.334 e. The first-order valence-electron chi connectivity index (χ1n) is 8.44. The van der Waals surface area contributed by atoms with Gasteiger partial charge in [0, 0.05) is 21.8 Å². The van der Waals surface area contributed by atoms with Gasteiger partial charge in [-0.1, -0.05) is 29.9 Å². The Morgan fingerprint density at radius 1 is 1.11 bits per heavy atom. The number of hydrogen-bond donors (Lipinski definition) is 1.